The molecule has 0 aliphatic heterocycles. The summed E-state index contributed by atoms with van der Waals surface area (Å²) in [5.41, 5.74) is 12.6. The number of nitrogens with zero attached hydrogens (tertiary/aromatic N) is 1. The van der Waals surface area contributed by atoms with Gasteiger partial charge < -0.3 is 11.5 Å². The Morgan fingerprint density at radius 3 is 2.73 bits per heavy atom. The SMILES string of the molecule is NC(=S)NN=Cc1ccc(F)c(F)c1N. The first-order chi connectivity index (χ1) is 7.02. The monoisotopic (exact) mass is 230 g/mol. The van der Waals surface area contributed by atoms with Crippen molar-refractivity contribution in [1.29, 1.82) is 0 Å². The molecule has 15 heavy (non-hydrogen) atoms. The molecule has 1 aromatic rings. The lowest BCUT2D eigenvalue weighted by Gasteiger charge is -2.02. The molecule has 0 atom stereocenters. The smallest absolute Gasteiger partial charge is 0.184 e. The van der Waals surface area contributed by atoms with Gasteiger partial charge in [0.25, 0.3) is 0 Å². The first-order valence-corrected chi connectivity index (χ1v) is 4.25. The van der Waals surface area contributed by atoms with Gasteiger partial charge in [0.05, 0.1) is 11.9 Å². The van der Waals surface area contributed by atoms with Crippen LogP contribution in [0.1, 0.15) is 5.56 Å². The van der Waals surface area contributed by atoms with Crippen molar-refractivity contribution >= 4 is 29.2 Å². The number of anilines is 1. The van der Waals surface area contributed by atoms with E-state index in [2.05, 4.69) is 22.7 Å². The van der Waals surface area contributed by atoms with Gasteiger partial charge in [-0.1, -0.05) is 0 Å². The Labute approximate surface area is 89.9 Å². The number of hydrogen-bond donors (Lipinski definition) is 3. The van der Waals surface area contributed by atoms with Crippen LogP contribution in [0.5, 0.6) is 0 Å². The second-order valence-corrected chi connectivity index (χ2v) is 3.04. The minimum absolute atomic E-state index is 0.0348. The zero-order valence-corrected chi connectivity index (χ0v) is 8.31. The lowest BCUT2D eigenvalue weighted by atomic mass is 10.2. The minimum Gasteiger partial charge on any atom is -0.396 e. The molecule has 0 aliphatic carbocycles. The van der Waals surface area contributed by atoms with E-state index in [4.69, 9.17) is 11.5 Å². The summed E-state index contributed by atoms with van der Waals surface area (Å²) in [6.07, 6.45) is 1.19. The normalized spacial score (nSPS) is 10.5. The van der Waals surface area contributed by atoms with Gasteiger partial charge >= 0.3 is 0 Å². The summed E-state index contributed by atoms with van der Waals surface area (Å²) in [5, 5.41) is 3.53. The summed E-state index contributed by atoms with van der Waals surface area (Å²) in [6, 6.07) is 2.24. The molecule has 1 aromatic carbocycles. The van der Waals surface area contributed by atoms with E-state index in [-0.39, 0.29) is 16.4 Å². The van der Waals surface area contributed by atoms with Gasteiger partial charge in [0.1, 0.15) is 0 Å². The van der Waals surface area contributed by atoms with Crippen molar-refractivity contribution in [3.63, 3.8) is 0 Å². The Morgan fingerprint density at radius 2 is 2.13 bits per heavy atom. The fourth-order valence-electron chi connectivity index (χ4n) is 0.859. The number of hydrazone groups is 1. The van der Waals surface area contributed by atoms with Crippen LogP contribution in [0, 0.1) is 11.6 Å². The average Bonchev–Trinajstić information content (AvgIpc) is 2.18. The molecule has 4 nitrogen and oxygen atoms in total. The van der Waals surface area contributed by atoms with Gasteiger partial charge in [0, 0.05) is 5.56 Å². The van der Waals surface area contributed by atoms with E-state index in [0.29, 0.717) is 0 Å². The highest BCUT2D eigenvalue weighted by Gasteiger charge is 2.08. The predicted molar refractivity (Wildman–Crippen MR) is 58.3 cm³/mol. The molecule has 0 radical (unpaired) electrons. The van der Waals surface area contributed by atoms with Crippen molar-refractivity contribution in [2.45, 2.75) is 0 Å². The molecule has 0 unspecified atom stereocenters. The standard InChI is InChI=1S/C8H8F2N4S/c9-5-2-1-4(7(11)6(5)10)3-13-14-8(12)15/h1-3H,11H2,(H3,12,14,15). The quantitative estimate of drug-likeness (QED) is 0.303. The lowest BCUT2D eigenvalue weighted by molar-refractivity contribution is 0.512. The zero-order chi connectivity index (χ0) is 11.4. The first-order valence-electron chi connectivity index (χ1n) is 3.84. The number of hydrogen-bond acceptors (Lipinski definition) is 3. The number of halogens is 2. The number of nitrogens with one attached hydrogen (secondary N) is 1. The molecule has 0 bridgehead atoms. The van der Waals surface area contributed by atoms with E-state index in [1.807, 2.05) is 0 Å². The third kappa shape index (κ3) is 2.84. The van der Waals surface area contributed by atoms with E-state index in [9.17, 15) is 8.78 Å². The Morgan fingerprint density at radius 1 is 1.47 bits per heavy atom. The summed E-state index contributed by atoms with van der Waals surface area (Å²) < 4.78 is 25.6. The molecule has 0 aromatic heterocycles. The number of thiocarbonyl (C=S) groups is 1. The third-order valence-electron chi connectivity index (χ3n) is 1.54. The Hall–Kier alpha value is -1.76. The summed E-state index contributed by atoms with van der Waals surface area (Å²) in [5.74, 6) is -2.11. The maximum absolute atomic E-state index is 12.9. The number of nitrogens with two attached hydrogens (primary N) is 2. The van der Waals surface area contributed by atoms with Gasteiger partial charge in [-0.3, -0.25) is 5.43 Å². The van der Waals surface area contributed by atoms with E-state index in [1.165, 1.54) is 12.3 Å². The molecule has 0 saturated heterocycles. The molecule has 0 saturated carbocycles. The predicted octanol–water partition coefficient (Wildman–Crippen LogP) is 0.714. The fourth-order valence-corrected chi connectivity index (χ4v) is 0.912. The molecule has 0 heterocycles. The molecular weight excluding hydrogens is 222 g/mol. The van der Waals surface area contributed by atoms with Gasteiger partial charge in [-0.15, -0.1) is 0 Å². The highest BCUT2D eigenvalue weighted by atomic mass is 32.1. The molecule has 0 amide bonds. The maximum Gasteiger partial charge on any atom is 0.184 e. The molecular formula is C8H8F2N4S. The van der Waals surface area contributed by atoms with Crippen LogP contribution in [-0.4, -0.2) is 11.3 Å². The number of rotatable bonds is 2. The molecule has 7 heteroatoms. The van der Waals surface area contributed by atoms with Crippen molar-refractivity contribution in [2.75, 3.05) is 5.73 Å². The Bertz CT molecular complexity index is 419. The first kappa shape index (κ1) is 11.3. The summed E-state index contributed by atoms with van der Waals surface area (Å²) in [7, 11) is 0. The van der Waals surface area contributed by atoms with Gasteiger partial charge in [0.15, 0.2) is 16.7 Å². The van der Waals surface area contributed by atoms with Crippen LogP contribution in [0.3, 0.4) is 0 Å². The second kappa shape index (κ2) is 4.65. The van der Waals surface area contributed by atoms with E-state index in [0.717, 1.165) is 6.07 Å². The average molecular weight is 230 g/mol. The second-order valence-electron chi connectivity index (χ2n) is 2.60. The topological polar surface area (TPSA) is 76.4 Å². The van der Waals surface area contributed by atoms with Crippen LogP contribution in [0.25, 0.3) is 0 Å². The van der Waals surface area contributed by atoms with Gasteiger partial charge in [0.2, 0.25) is 0 Å². The van der Waals surface area contributed by atoms with Crippen molar-refractivity contribution in [3.8, 4) is 0 Å². The van der Waals surface area contributed by atoms with Gasteiger partial charge in [-0.05, 0) is 24.4 Å². The molecule has 0 spiro atoms. The van der Waals surface area contributed by atoms with Crippen LogP contribution in [-0.2, 0) is 0 Å². The van der Waals surface area contributed by atoms with Crippen molar-refractivity contribution in [2.24, 2.45) is 10.8 Å². The van der Waals surface area contributed by atoms with Crippen LogP contribution in [0.2, 0.25) is 0 Å². The van der Waals surface area contributed by atoms with Crippen LogP contribution in [0.15, 0.2) is 17.2 Å². The lowest BCUT2D eigenvalue weighted by Crippen LogP contribution is -2.24. The minimum atomic E-state index is -1.10. The number of benzene rings is 1. The highest BCUT2D eigenvalue weighted by molar-refractivity contribution is 7.80. The molecule has 0 aliphatic rings. The van der Waals surface area contributed by atoms with Gasteiger partial charge in [-0.25, -0.2) is 8.78 Å². The van der Waals surface area contributed by atoms with E-state index < -0.39 is 11.6 Å². The van der Waals surface area contributed by atoms with Crippen LogP contribution < -0.4 is 16.9 Å². The van der Waals surface area contributed by atoms with Crippen molar-refractivity contribution < 1.29 is 8.78 Å². The van der Waals surface area contributed by atoms with Crippen molar-refractivity contribution in [3.05, 3.63) is 29.3 Å². The maximum atomic E-state index is 12.9. The summed E-state index contributed by atoms with van der Waals surface area (Å²) in [6.45, 7) is 0. The van der Waals surface area contributed by atoms with Crippen LogP contribution in [0.4, 0.5) is 14.5 Å². The van der Waals surface area contributed by atoms with Crippen LogP contribution >= 0.6 is 12.2 Å². The summed E-state index contributed by atoms with van der Waals surface area (Å²) >= 11 is 4.48. The molecule has 5 N–H and O–H groups in total. The highest BCUT2D eigenvalue weighted by Crippen LogP contribution is 2.17. The summed E-state index contributed by atoms with van der Waals surface area (Å²) in [4.78, 5) is 0. The fraction of sp³-hybridized carbons (Fsp3) is 0. The van der Waals surface area contributed by atoms with E-state index >= 15 is 0 Å². The molecule has 1 rings (SSSR count). The largest absolute Gasteiger partial charge is 0.396 e. The zero-order valence-electron chi connectivity index (χ0n) is 7.50. The van der Waals surface area contributed by atoms with E-state index in [1.54, 1.807) is 0 Å². The third-order valence-corrected chi connectivity index (χ3v) is 1.64. The number of nitrogen functional groups attached to an aromatic ring is 1. The van der Waals surface area contributed by atoms with Gasteiger partial charge in [-0.2, -0.15) is 5.10 Å². The Kier molecular flexibility index (Phi) is 3.51. The molecule has 80 valence electrons. The van der Waals surface area contributed by atoms with Crippen molar-refractivity contribution in [1.82, 2.24) is 5.43 Å². The molecule has 0 fully saturated rings. The Balaban J connectivity index is 2.92.